The highest BCUT2D eigenvalue weighted by atomic mass is 32.3. The quantitative estimate of drug-likeness (QED) is 0.0543. The van der Waals surface area contributed by atoms with Crippen LogP contribution in [0.15, 0.2) is 83.5 Å². The number of esters is 1. The second-order valence-corrected chi connectivity index (χ2v) is 11.2. The molecule has 1 aliphatic rings. The Morgan fingerprint density at radius 2 is 1.71 bits per heavy atom. The van der Waals surface area contributed by atoms with Crippen molar-refractivity contribution in [3.63, 3.8) is 0 Å². The number of oxime groups is 1. The topological polar surface area (TPSA) is 200 Å². The van der Waals surface area contributed by atoms with E-state index in [1.54, 1.807) is 48.5 Å². The fourth-order valence-corrected chi connectivity index (χ4v) is 4.92. The lowest BCUT2D eigenvalue weighted by Crippen LogP contribution is -2.76. The molecule has 16 heteroatoms. The summed E-state index contributed by atoms with van der Waals surface area (Å²) in [4.78, 5) is 47.8. The molecule has 2 aromatic carbocycles. The summed E-state index contributed by atoms with van der Waals surface area (Å²) >= 11 is 0.987. The van der Waals surface area contributed by atoms with Crippen LogP contribution in [-0.2, 0) is 38.6 Å². The van der Waals surface area contributed by atoms with E-state index in [9.17, 15) is 22.8 Å². The number of hydrogen-bond donors (Lipinski definition) is 3. The molecule has 4 N–H and O–H groups in total. The van der Waals surface area contributed by atoms with Gasteiger partial charge in [-0.05, 0) is 31.6 Å². The molecule has 0 saturated carbocycles. The number of rotatable bonds is 11. The van der Waals surface area contributed by atoms with Gasteiger partial charge in [0.2, 0.25) is 5.76 Å². The third-order valence-electron chi connectivity index (χ3n) is 6.01. The first-order valence-electron chi connectivity index (χ1n) is 12.1. The Bertz CT molecular complexity index is 1600. The predicted octanol–water partition coefficient (Wildman–Crippen LogP) is 2.13. The van der Waals surface area contributed by atoms with Crippen LogP contribution in [0.4, 0.5) is 5.13 Å². The summed E-state index contributed by atoms with van der Waals surface area (Å²) in [5.41, 5.74) is 5.16. The zero-order valence-electron chi connectivity index (χ0n) is 22.2. The zero-order chi connectivity index (χ0) is 30.7. The molecule has 2 heterocycles. The van der Waals surface area contributed by atoms with Crippen LogP contribution < -0.4 is 11.1 Å². The lowest BCUT2D eigenvalue weighted by atomic mass is 9.84. The van der Waals surface area contributed by atoms with Crippen LogP contribution in [-0.4, -0.2) is 58.1 Å². The van der Waals surface area contributed by atoms with E-state index in [2.05, 4.69) is 26.3 Å². The van der Waals surface area contributed by atoms with Gasteiger partial charge in [0, 0.05) is 5.38 Å². The maximum absolute atomic E-state index is 13.2. The van der Waals surface area contributed by atoms with Crippen LogP contribution in [0.2, 0.25) is 0 Å². The van der Waals surface area contributed by atoms with Crippen molar-refractivity contribution in [2.75, 3.05) is 5.73 Å². The number of aromatic nitrogens is 1. The minimum Gasteiger partial charge on any atom is -0.447 e. The van der Waals surface area contributed by atoms with Gasteiger partial charge in [-0.3, -0.25) is 14.1 Å². The number of carbonyl (C=O) groups excluding carboxylic acids is 3. The van der Waals surface area contributed by atoms with Gasteiger partial charge in [-0.1, -0.05) is 65.8 Å². The molecule has 14 nitrogen and oxygen atoms in total. The number of benzene rings is 2. The van der Waals surface area contributed by atoms with Crippen molar-refractivity contribution >= 4 is 50.4 Å². The summed E-state index contributed by atoms with van der Waals surface area (Å²) in [6.45, 7) is 6.32. The van der Waals surface area contributed by atoms with Crippen molar-refractivity contribution < 1.29 is 41.2 Å². The Morgan fingerprint density at radius 3 is 2.19 bits per heavy atom. The molecule has 0 bridgehead atoms. The number of thiazole rings is 1. The van der Waals surface area contributed by atoms with E-state index in [0.29, 0.717) is 16.2 Å². The van der Waals surface area contributed by atoms with Crippen LogP contribution in [0.25, 0.3) is 0 Å². The smallest absolute Gasteiger partial charge is 0.418 e. The van der Waals surface area contributed by atoms with Crippen LogP contribution in [0.3, 0.4) is 0 Å². The van der Waals surface area contributed by atoms with E-state index >= 15 is 0 Å². The molecule has 4 rings (SSSR count). The Balaban J connectivity index is 1.52. The first-order chi connectivity index (χ1) is 19.8. The van der Waals surface area contributed by atoms with Gasteiger partial charge in [0.25, 0.3) is 11.8 Å². The molecule has 1 fully saturated rings. The average Bonchev–Trinajstić information content (AvgIpc) is 3.39. The number of hydroxylamine groups is 2. The lowest BCUT2D eigenvalue weighted by molar-refractivity contribution is -0.218. The van der Waals surface area contributed by atoms with Gasteiger partial charge >= 0.3 is 16.4 Å². The summed E-state index contributed by atoms with van der Waals surface area (Å²) in [6, 6.07) is 16.7. The van der Waals surface area contributed by atoms with Crippen molar-refractivity contribution in [3.8, 4) is 0 Å². The fraction of sp³-hybridized carbons (Fsp3) is 0.192. The van der Waals surface area contributed by atoms with Crippen LogP contribution >= 0.6 is 11.3 Å². The minimum atomic E-state index is -4.99. The number of nitrogen functional groups attached to an aromatic ring is 1. The molecule has 2 amide bonds. The highest BCUT2D eigenvalue weighted by Gasteiger charge is 2.58. The SMILES string of the molecule is C=C(O/N=C(\C(=O)N[C@@H]1C(=O)N(OS(=O)(=O)O)C1(C)C)c1csc(N)n1)C(=O)OC(c1ccccc1)c1ccccc1. The summed E-state index contributed by atoms with van der Waals surface area (Å²) in [6.07, 6.45) is -0.801. The maximum Gasteiger partial charge on any atom is 0.418 e. The number of carbonyl (C=O) groups is 3. The minimum absolute atomic E-state index is 0.0433. The molecule has 0 spiro atoms. The molecular weight excluding hydrogens is 590 g/mol. The molecule has 1 atom stereocenters. The molecule has 1 saturated heterocycles. The largest absolute Gasteiger partial charge is 0.447 e. The first kappa shape index (κ1) is 30.3. The number of hydrogen-bond acceptors (Lipinski definition) is 12. The maximum atomic E-state index is 13.2. The Kier molecular flexibility index (Phi) is 8.72. The average molecular weight is 616 g/mol. The zero-order valence-corrected chi connectivity index (χ0v) is 23.8. The van der Waals surface area contributed by atoms with Crippen molar-refractivity contribution in [3.05, 3.63) is 95.2 Å². The molecule has 3 aromatic rings. The standard InChI is InChI=1S/C26H25N5O9S2/c1-15(24(34)38-20(16-10-6-4-7-11-16)17-12-8-5-9-13-17)39-30-19(18-14-41-25(27)28-18)22(32)29-21-23(33)31(26(21,2)3)40-42(35,36)37/h4-14,20-21H,1H2,2-3H3,(H2,27,28)(H,29,32)(H,35,36,37)/b30-19-/t21-/m1/s1. The molecule has 0 unspecified atom stereocenters. The Morgan fingerprint density at radius 1 is 1.14 bits per heavy atom. The number of amides is 2. The predicted molar refractivity (Wildman–Crippen MR) is 150 cm³/mol. The number of anilines is 1. The second-order valence-electron chi connectivity index (χ2n) is 9.33. The van der Waals surface area contributed by atoms with Gasteiger partial charge < -0.3 is 20.6 Å². The summed E-state index contributed by atoms with van der Waals surface area (Å²) in [5, 5.41) is 8.01. The molecule has 42 heavy (non-hydrogen) atoms. The molecule has 1 aliphatic heterocycles. The normalized spacial score (nSPS) is 16.5. The molecular formula is C26H25N5O9S2. The van der Waals surface area contributed by atoms with Gasteiger partial charge in [-0.2, -0.15) is 13.5 Å². The van der Waals surface area contributed by atoms with Gasteiger partial charge in [0.05, 0.1) is 5.54 Å². The van der Waals surface area contributed by atoms with Crippen LogP contribution in [0.5, 0.6) is 0 Å². The summed E-state index contributed by atoms with van der Waals surface area (Å²) in [5.74, 6) is -3.48. The highest BCUT2D eigenvalue weighted by Crippen LogP contribution is 2.33. The van der Waals surface area contributed by atoms with Crippen molar-refractivity contribution in [2.45, 2.75) is 31.5 Å². The fourth-order valence-electron chi connectivity index (χ4n) is 3.92. The van der Waals surface area contributed by atoms with E-state index in [0.717, 1.165) is 11.3 Å². The van der Waals surface area contributed by atoms with Gasteiger partial charge in [0.1, 0.15) is 11.7 Å². The van der Waals surface area contributed by atoms with Gasteiger partial charge in [-0.25, -0.2) is 9.78 Å². The van der Waals surface area contributed by atoms with Gasteiger partial charge in [0.15, 0.2) is 16.9 Å². The number of nitrogens with two attached hydrogens (primary N) is 1. The summed E-state index contributed by atoms with van der Waals surface area (Å²) in [7, 11) is -4.99. The number of nitrogens with one attached hydrogen (secondary N) is 1. The summed E-state index contributed by atoms with van der Waals surface area (Å²) < 4.78 is 41.0. The van der Waals surface area contributed by atoms with Crippen LogP contribution in [0, 0.1) is 0 Å². The third kappa shape index (κ3) is 6.80. The first-order valence-corrected chi connectivity index (χ1v) is 14.3. The lowest BCUT2D eigenvalue weighted by Gasteiger charge is -2.50. The van der Waals surface area contributed by atoms with Gasteiger partial charge in [-0.15, -0.1) is 15.6 Å². The van der Waals surface area contributed by atoms with Crippen LogP contribution in [0.1, 0.15) is 36.8 Å². The number of nitrogens with zero attached hydrogens (tertiary/aromatic N) is 3. The second kappa shape index (κ2) is 12.1. The highest BCUT2D eigenvalue weighted by molar-refractivity contribution is 7.80. The van der Waals surface area contributed by atoms with E-state index in [1.807, 2.05) is 12.1 Å². The number of ether oxygens (including phenoxy) is 1. The monoisotopic (exact) mass is 615 g/mol. The molecule has 220 valence electrons. The van der Waals surface area contributed by atoms with E-state index in [4.69, 9.17) is 19.9 Å². The van der Waals surface area contributed by atoms with E-state index in [1.165, 1.54) is 19.2 Å². The Labute approximate surface area is 244 Å². The molecule has 0 aliphatic carbocycles. The van der Waals surface area contributed by atoms with Crippen molar-refractivity contribution in [1.29, 1.82) is 0 Å². The molecule has 0 radical (unpaired) electrons. The molecule has 1 aromatic heterocycles. The number of β-lactam (4-membered cyclic amide) rings is 1. The third-order valence-corrected chi connectivity index (χ3v) is 7.02. The van der Waals surface area contributed by atoms with Crippen molar-refractivity contribution in [2.24, 2.45) is 5.16 Å². The Hall–Kier alpha value is -4.64. The van der Waals surface area contributed by atoms with Crippen molar-refractivity contribution in [1.82, 2.24) is 15.4 Å². The van der Waals surface area contributed by atoms with E-state index in [-0.39, 0.29) is 10.8 Å². The van der Waals surface area contributed by atoms with E-state index < -0.39 is 57.3 Å².